The van der Waals surface area contributed by atoms with Crippen molar-refractivity contribution in [2.24, 2.45) is 0 Å². The van der Waals surface area contributed by atoms with Crippen LogP contribution in [-0.2, 0) is 14.3 Å². The summed E-state index contributed by atoms with van der Waals surface area (Å²) in [6, 6.07) is 0. The number of esters is 1. The predicted octanol–water partition coefficient (Wildman–Crippen LogP) is -0.135. The highest BCUT2D eigenvalue weighted by Crippen LogP contribution is 2.27. The lowest BCUT2D eigenvalue weighted by Gasteiger charge is -2.40. The molecule has 0 bridgehead atoms. The Hall–Kier alpha value is -0.420. The first-order chi connectivity index (χ1) is 5.57. The second-order valence-corrected chi connectivity index (χ2v) is 3.36. The molecular weight excluding hydrogens is 202 g/mol. The first-order valence-electron chi connectivity index (χ1n) is 3.27. The molecule has 0 N–H and O–H groups in total. The summed E-state index contributed by atoms with van der Waals surface area (Å²) >= 11 is 9.56. The van der Waals surface area contributed by atoms with Gasteiger partial charge in [-0.15, -0.1) is 11.6 Å². The molecule has 0 radical (unpaired) electrons. The van der Waals surface area contributed by atoms with Crippen molar-refractivity contribution >= 4 is 36.1 Å². The number of ether oxygens (including phenoxy) is 1. The van der Waals surface area contributed by atoms with Gasteiger partial charge in [0.05, 0.1) is 7.11 Å². The number of carbonyl (C=O) groups excluding carboxylic acids is 2. The van der Waals surface area contributed by atoms with Crippen molar-refractivity contribution in [1.29, 1.82) is 0 Å². The third kappa shape index (κ3) is 1.51. The molecular formula is C6H8ClNO3S. The monoisotopic (exact) mass is 209 g/mol. The average molecular weight is 210 g/mol. The van der Waals surface area contributed by atoms with Crippen LogP contribution in [0.15, 0.2) is 0 Å². The zero-order valence-electron chi connectivity index (χ0n) is 6.36. The molecule has 0 aromatic rings. The highest BCUT2D eigenvalue weighted by atomic mass is 35.5. The summed E-state index contributed by atoms with van der Waals surface area (Å²) in [5, 5.41) is -0.990. The number of nitrogens with zero attached hydrogens (tertiary/aromatic N) is 1. The molecule has 0 aromatic carbocycles. The van der Waals surface area contributed by atoms with Crippen molar-refractivity contribution in [2.45, 2.75) is 10.8 Å². The summed E-state index contributed by atoms with van der Waals surface area (Å²) in [4.78, 5) is 22.9. The molecule has 1 aliphatic rings. The predicted molar refractivity (Wildman–Crippen MR) is 46.1 cm³/mol. The summed E-state index contributed by atoms with van der Waals surface area (Å²) in [5.41, 5.74) is 0. The van der Waals surface area contributed by atoms with Gasteiger partial charge in [0.25, 0.3) is 0 Å². The van der Waals surface area contributed by atoms with Gasteiger partial charge >= 0.3 is 5.97 Å². The lowest BCUT2D eigenvalue weighted by atomic mass is 10.2. The van der Waals surface area contributed by atoms with Crippen LogP contribution >= 0.6 is 24.2 Å². The number of rotatable bonds is 2. The quantitative estimate of drug-likeness (QED) is 0.298. The van der Waals surface area contributed by atoms with Gasteiger partial charge in [0.15, 0.2) is 0 Å². The maximum atomic E-state index is 11.0. The molecule has 6 heteroatoms. The molecule has 0 saturated carbocycles. The van der Waals surface area contributed by atoms with E-state index in [0.717, 1.165) is 0 Å². The number of amides is 1. The molecule has 0 unspecified atom stereocenters. The SMILES string of the molecule is COC(=O)CN1C(=O)[C@@H](Cl)[C@H]1S. The zero-order valence-corrected chi connectivity index (χ0v) is 8.01. The number of hydrogen-bond donors (Lipinski definition) is 1. The fourth-order valence-electron chi connectivity index (χ4n) is 0.867. The van der Waals surface area contributed by atoms with Gasteiger partial charge in [-0.3, -0.25) is 9.59 Å². The van der Waals surface area contributed by atoms with Gasteiger partial charge in [-0.25, -0.2) is 0 Å². The molecule has 0 aromatic heterocycles. The standard InChI is InChI=1S/C6H8ClNO3S/c1-11-3(9)2-8-5(10)4(7)6(8)12/h4,6,12H,2H2,1H3/t4-,6-/m1/s1. The molecule has 1 aliphatic heterocycles. The minimum Gasteiger partial charge on any atom is -0.468 e. The minimum atomic E-state index is -0.613. The molecule has 1 saturated heterocycles. The molecule has 1 fully saturated rings. The van der Waals surface area contributed by atoms with Crippen molar-refractivity contribution in [3.8, 4) is 0 Å². The second kappa shape index (κ2) is 3.53. The van der Waals surface area contributed by atoms with Gasteiger partial charge in [0.2, 0.25) is 5.91 Å². The Morgan fingerprint density at radius 3 is 2.83 bits per heavy atom. The minimum absolute atomic E-state index is 0.0767. The summed E-state index contributed by atoms with van der Waals surface area (Å²) in [5.74, 6) is -0.743. The molecule has 2 atom stereocenters. The van der Waals surface area contributed by atoms with Crippen LogP contribution in [0.5, 0.6) is 0 Å². The van der Waals surface area contributed by atoms with Crippen LogP contribution in [-0.4, -0.2) is 41.2 Å². The number of carbonyl (C=O) groups is 2. The van der Waals surface area contributed by atoms with Crippen LogP contribution in [0.2, 0.25) is 0 Å². The van der Waals surface area contributed by atoms with E-state index in [1.165, 1.54) is 12.0 Å². The number of halogens is 1. The molecule has 0 aliphatic carbocycles. The average Bonchev–Trinajstić information content (AvgIpc) is 2.11. The fraction of sp³-hybridized carbons (Fsp3) is 0.667. The number of methoxy groups -OCH3 is 1. The van der Waals surface area contributed by atoms with Crippen LogP contribution in [0.1, 0.15) is 0 Å². The summed E-state index contributed by atoms with van der Waals surface area (Å²) in [7, 11) is 1.26. The summed E-state index contributed by atoms with van der Waals surface area (Å²) in [6.45, 7) is -0.0767. The van der Waals surface area contributed by atoms with E-state index in [1.54, 1.807) is 0 Å². The number of β-lactam (4-membered cyclic amide) rings is 1. The zero-order chi connectivity index (χ0) is 9.30. The Kier molecular flexibility index (Phi) is 2.85. The Morgan fingerprint density at radius 2 is 2.42 bits per heavy atom. The van der Waals surface area contributed by atoms with E-state index in [4.69, 9.17) is 11.6 Å². The van der Waals surface area contributed by atoms with Crippen LogP contribution in [0.4, 0.5) is 0 Å². The Balaban J connectivity index is 2.45. The molecule has 1 rings (SSSR count). The van der Waals surface area contributed by atoms with Crippen molar-refractivity contribution in [1.82, 2.24) is 4.90 Å². The van der Waals surface area contributed by atoms with Gasteiger partial charge in [-0.1, -0.05) is 0 Å². The molecule has 68 valence electrons. The summed E-state index contributed by atoms with van der Waals surface area (Å²) < 4.78 is 4.38. The van der Waals surface area contributed by atoms with Crippen molar-refractivity contribution in [2.75, 3.05) is 13.7 Å². The lowest BCUT2D eigenvalue weighted by Crippen LogP contribution is -2.60. The first-order valence-corrected chi connectivity index (χ1v) is 4.22. The topological polar surface area (TPSA) is 46.6 Å². The molecule has 1 amide bonds. The molecule has 0 spiro atoms. The Morgan fingerprint density at radius 1 is 1.83 bits per heavy atom. The van der Waals surface area contributed by atoms with E-state index in [0.29, 0.717) is 0 Å². The second-order valence-electron chi connectivity index (χ2n) is 2.36. The van der Waals surface area contributed by atoms with E-state index < -0.39 is 11.3 Å². The fourth-order valence-corrected chi connectivity index (χ4v) is 1.45. The number of hydrogen-bond acceptors (Lipinski definition) is 4. The summed E-state index contributed by atoms with van der Waals surface area (Å²) in [6.07, 6.45) is 0. The maximum absolute atomic E-state index is 11.0. The van der Waals surface area contributed by atoms with Crippen LogP contribution in [0.3, 0.4) is 0 Å². The van der Waals surface area contributed by atoms with Crippen molar-refractivity contribution in [3.05, 3.63) is 0 Å². The highest BCUT2D eigenvalue weighted by molar-refractivity contribution is 7.81. The van der Waals surface area contributed by atoms with Gasteiger partial charge in [-0.05, 0) is 0 Å². The molecule has 4 nitrogen and oxygen atoms in total. The Labute approximate surface area is 80.2 Å². The van der Waals surface area contributed by atoms with Crippen LogP contribution in [0.25, 0.3) is 0 Å². The largest absolute Gasteiger partial charge is 0.468 e. The van der Waals surface area contributed by atoms with Gasteiger partial charge in [0, 0.05) is 0 Å². The van der Waals surface area contributed by atoms with E-state index in [-0.39, 0.29) is 17.8 Å². The van der Waals surface area contributed by atoms with Crippen LogP contribution < -0.4 is 0 Å². The van der Waals surface area contributed by atoms with Crippen molar-refractivity contribution in [3.63, 3.8) is 0 Å². The third-order valence-electron chi connectivity index (χ3n) is 1.63. The molecule has 1 heterocycles. The van der Waals surface area contributed by atoms with Crippen molar-refractivity contribution < 1.29 is 14.3 Å². The molecule has 12 heavy (non-hydrogen) atoms. The first kappa shape index (κ1) is 9.67. The normalized spacial score (nSPS) is 28.2. The maximum Gasteiger partial charge on any atom is 0.325 e. The number of thiol groups is 1. The lowest BCUT2D eigenvalue weighted by molar-refractivity contribution is -0.152. The van der Waals surface area contributed by atoms with E-state index in [2.05, 4.69) is 17.4 Å². The van der Waals surface area contributed by atoms with Gasteiger partial charge in [0.1, 0.15) is 17.3 Å². The van der Waals surface area contributed by atoms with Gasteiger partial charge < -0.3 is 9.64 Å². The third-order valence-corrected chi connectivity index (χ3v) is 2.81. The number of alkyl halides is 1. The smallest absolute Gasteiger partial charge is 0.325 e. The van der Waals surface area contributed by atoms with E-state index in [9.17, 15) is 9.59 Å². The van der Waals surface area contributed by atoms with E-state index in [1.807, 2.05) is 0 Å². The highest BCUT2D eigenvalue weighted by Gasteiger charge is 2.44. The van der Waals surface area contributed by atoms with Gasteiger partial charge in [-0.2, -0.15) is 12.6 Å². The van der Waals surface area contributed by atoms with Crippen LogP contribution in [0, 0.1) is 0 Å². The Bertz CT molecular complexity index is 223. The van der Waals surface area contributed by atoms with E-state index >= 15 is 0 Å². The number of likely N-dealkylation sites (tertiary alicyclic amines) is 1.